The van der Waals surface area contributed by atoms with Crippen LogP contribution in [0.15, 0.2) is 52.6 Å². The fourth-order valence-electron chi connectivity index (χ4n) is 2.47. The molecule has 1 amide bonds. The second-order valence-electron chi connectivity index (χ2n) is 5.49. The maximum atomic E-state index is 12.1. The zero-order chi connectivity index (χ0) is 16.4. The summed E-state index contributed by atoms with van der Waals surface area (Å²) in [5.41, 5.74) is 0.818. The summed E-state index contributed by atoms with van der Waals surface area (Å²) in [5, 5.41) is 5.97. The van der Waals surface area contributed by atoms with Gasteiger partial charge in [0.15, 0.2) is 0 Å². The monoisotopic (exact) mass is 338 g/mol. The molecule has 120 valence electrons. The molecule has 3 aromatic rings. The van der Waals surface area contributed by atoms with Crippen molar-refractivity contribution < 1.29 is 9.32 Å². The largest absolute Gasteiger partial charge is 0.339 e. The van der Waals surface area contributed by atoms with E-state index in [1.807, 2.05) is 35.7 Å². The first-order valence-electron chi connectivity index (χ1n) is 7.54. The van der Waals surface area contributed by atoms with Gasteiger partial charge in [-0.05, 0) is 29.7 Å². The van der Waals surface area contributed by atoms with Crippen molar-refractivity contribution in [1.82, 2.24) is 20.0 Å². The third kappa shape index (κ3) is 2.98. The third-order valence-electron chi connectivity index (χ3n) is 3.84. The van der Waals surface area contributed by atoms with Gasteiger partial charge in [-0.2, -0.15) is 4.98 Å². The van der Waals surface area contributed by atoms with Gasteiger partial charge in [0.25, 0.3) is 0 Å². The molecule has 24 heavy (non-hydrogen) atoms. The van der Waals surface area contributed by atoms with Crippen molar-refractivity contribution in [2.45, 2.75) is 5.92 Å². The van der Waals surface area contributed by atoms with Crippen LogP contribution < -0.4 is 0 Å². The summed E-state index contributed by atoms with van der Waals surface area (Å²) in [6.45, 7) is 1.20. The predicted molar refractivity (Wildman–Crippen MR) is 90.2 cm³/mol. The molecule has 4 heterocycles. The van der Waals surface area contributed by atoms with Crippen LogP contribution in [0.3, 0.4) is 0 Å². The maximum absolute atomic E-state index is 12.1. The van der Waals surface area contributed by atoms with Crippen LogP contribution in [0.2, 0.25) is 0 Å². The van der Waals surface area contributed by atoms with Gasteiger partial charge in [0.1, 0.15) is 0 Å². The summed E-state index contributed by atoms with van der Waals surface area (Å²) >= 11 is 1.60. The molecule has 0 atom stereocenters. The smallest absolute Gasteiger partial charge is 0.246 e. The van der Waals surface area contributed by atoms with Crippen LogP contribution in [0.4, 0.5) is 0 Å². The van der Waals surface area contributed by atoms with Crippen molar-refractivity contribution in [3.63, 3.8) is 0 Å². The quantitative estimate of drug-likeness (QED) is 0.684. The van der Waals surface area contributed by atoms with E-state index in [-0.39, 0.29) is 11.8 Å². The average molecular weight is 338 g/mol. The fourth-order valence-corrected chi connectivity index (χ4v) is 3.09. The van der Waals surface area contributed by atoms with Crippen LogP contribution in [0.5, 0.6) is 0 Å². The standard InChI is InChI=1S/C17H14N4O2S/c22-15(6-5-14-4-2-8-24-14)21-10-13(11-21)17-19-16(20-23-17)12-3-1-7-18-9-12/h1-9,13H,10-11H2/b6-5+. The van der Waals surface area contributed by atoms with E-state index in [1.165, 1.54) is 0 Å². The first-order chi connectivity index (χ1) is 11.8. The number of thiophene rings is 1. The number of pyridine rings is 1. The van der Waals surface area contributed by atoms with Crippen LogP contribution in [0.25, 0.3) is 17.5 Å². The molecule has 0 aliphatic carbocycles. The topological polar surface area (TPSA) is 72.1 Å². The Morgan fingerprint density at radius 1 is 1.33 bits per heavy atom. The molecule has 7 heteroatoms. The summed E-state index contributed by atoms with van der Waals surface area (Å²) in [4.78, 5) is 23.4. The Hall–Kier alpha value is -2.80. The molecule has 4 rings (SSSR count). The average Bonchev–Trinajstić information content (AvgIpc) is 3.24. The molecule has 0 spiro atoms. The van der Waals surface area contributed by atoms with Crippen LogP contribution >= 0.6 is 11.3 Å². The van der Waals surface area contributed by atoms with E-state index in [2.05, 4.69) is 15.1 Å². The van der Waals surface area contributed by atoms with Gasteiger partial charge in [0.2, 0.25) is 17.6 Å². The third-order valence-corrected chi connectivity index (χ3v) is 4.67. The van der Waals surface area contributed by atoms with Crippen LogP contribution in [-0.2, 0) is 4.79 Å². The van der Waals surface area contributed by atoms with Gasteiger partial charge in [-0.3, -0.25) is 9.78 Å². The van der Waals surface area contributed by atoms with E-state index < -0.39 is 0 Å². The Morgan fingerprint density at radius 3 is 3.00 bits per heavy atom. The van der Waals surface area contributed by atoms with Crippen molar-refractivity contribution >= 4 is 23.3 Å². The van der Waals surface area contributed by atoms with Gasteiger partial charge >= 0.3 is 0 Å². The summed E-state index contributed by atoms with van der Waals surface area (Å²) in [5.74, 6) is 1.20. The Balaban J connectivity index is 1.36. The first kappa shape index (κ1) is 14.8. The number of rotatable bonds is 4. The van der Waals surface area contributed by atoms with Crippen LogP contribution in [0, 0.1) is 0 Å². The van der Waals surface area contributed by atoms with E-state index in [9.17, 15) is 4.79 Å². The van der Waals surface area contributed by atoms with Gasteiger partial charge in [-0.25, -0.2) is 0 Å². The molecule has 6 nitrogen and oxygen atoms in total. The zero-order valence-electron chi connectivity index (χ0n) is 12.7. The highest BCUT2D eigenvalue weighted by Gasteiger charge is 2.34. The summed E-state index contributed by atoms with van der Waals surface area (Å²) < 4.78 is 5.33. The Kier molecular flexibility index (Phi) is 3.92. The predicted octanol–water partition coefficient (Wildman–Crippen LogP) is 2.83. The second-order valence-corrected chi connectivity index (χ2v) is 6.47. The van der Waals surface area contributed by atoms with Gasteiger partial charge in [0.05, 0.1) is 5.92 Å². The lowest BCUT2D eigenvalue weighted by molar-refractivity contribution is -0.130. The number of carbonyl (C=O) groups excluding carboxylic acids is 1. The number of likely N-dealkylation sites (tertiary alicyclic amines) is 1. The SMILES string of the molecule is O=C(/C=C/c1cccs1)N1CC(c2nc(-c3cccnc3)no2)C1. The molecule has 1 saturated heterocycles. The van der Waals surface area contributed by atoms with Crippen molar-refractivity contribution in [2.75, 3.05) is 13.1 Å². The van der Waals surface area contributed by atoms with Gasteiger partial charge < -0.3 is 9.42 Å². The minimum atomic E-state index is 0.00616. The Morgan fingerprint density at radius 2 is 2.25 bits per heavy atom. The lowest BCUT2D eigenvalue weighted by Gasteiger charge is -2.36. The van der Waals surface area contributed by atoms with E-state index >= 15 is 0 Å². The van der Waals surface area contributed by atoms with Crippen molar-refractivity contribution in [3.05, 3.63) is 58.9 Å². The van der Waals surface area contributed by atoms with Crippen molar-refractivity contribution in [1.29, 1.82) is 0 Å². The minimum absolute atomic E-state index is 0.00616. The van der Waals surface area contributed by atoms with Crippen LogP contribution in [-0.4, -0.2) is 39.0 Å². The molecule has 3 aromatic heterocycles. The molecule has 0 saturated carbocycles. The lowest BCUT2D eigenvalue weighted by atomic mass is 10.00. The molecule has 0 radical (unpaired) electrons. The lowest BCUT2D eigenvalue weighted by Crippen LogP contribution is -2.47. The maximum Gasteiger partial charge on any atom is 0.246 e. The van der Waals surface area contributed by atoms with Gasteiger partial charge in [-0.15, -0.1) is 11.3 Å². The highest BCUT2D eigenvalue weighted by atomic mass is 32.1. The molecule has 0 N–H and O–H groups in total. The van der Waals surface area contributed by atoms with Gasteiger partial charge in [0, 0.05) is 42.0 Å². The highest BCUT2D eigenvalue weighted by Crippen LogP contribution is 2.27. The number of hydrogen-bond acceptors (Lipinski definition) is 6. The summed E-state index contributed by atoms with van der Waals surface area (Å²) in [6.07, 6.45) is 6.84. The molecule has 0 unspecified atom stereocenters. The fraction of sp³-hybridized carbons (Fsp3) is 0.176. The second kappa shape index (κ2) is 6.37. The molecule has 1 aliphatic rings. The number of hydrogen-bond donors (Lipinski definition) is 0. The molecule has 0 aromatic carbocycles. The molecular weight excluding hydrogens is 324 g/mol. The number of aromatic nitrogens is 3. The summed E-state index contributed by atoms with van der Waals surface area (Å²) in [7, 11) is 0. The number of carbonyl (C=O) groups is 1. The zero-order valence-corrected chi connectivity index (χ0v) is 13.5. The molecular formula is C17H14N4O2S. The number of amides is 1. The Bertz CT molecular complexity index is 852. The van der Waals surface area contributed by atoms with Crippen molar-refractivity contribution in [2.24, 2.45) is 0 Å². The molecule has 1 aliphatic heterocycles. The molecule has 0 bridgehead atoms. The summed E-state index contributed by atoms with van der Waals surface area (Å²) in [6, 6.07) is 7.65. The van der Waals surface area contributed by atoms with E-state index in [0.717, 1.165) is 10.4 Å². The normalized spacial score (nSPS) is 14.9. The minimum Gasteiger partial charge on any atom is -0.339 e. The van der Waals surface area contributed by atoms with Gasteiger partial charge in [-0.1, -0.05) is 11.2 Å². The van der Waals surface area contributed by atoms with Crippen molar-refractivity contribution in [3.8, 4) is 11.4 Å². The molecule has 1 fully saturated rings. The Labute approximate surface area is 142 Å². The van der Waals surface area contributed by atoms with E-state index in [4.69, 9.17) is 4.52 Å². The van der Waals surface area contributed by atoms with Crippen LogP contribution in [0.1, 0.15) is 16.7 Å². The highest BCUT2D eigenvalue weighted by molar-refractivity contribution is 7.10. The number of nitrogens with zero attached hydrogens (tertiary/aromatic N) is 4. The van der Waals surface area contributed by atoms with E-state index in [1.54, 1.807) is 34.7 Å². The first-order valence-corrected chi connectivity index (χ1v) is 8.42. The van der Waals surface area contributed by atoms with E-state index in [0.29, 0.717) is 24.8 Å².